The summed E-state index contributed by atoms with van der Waals surface area (Å²) in [6.07, 6.45) is -1.52. The standard InChI is InChI=1S/C25H31N3O6/c1-24(2,3)33-16-25(4,28-23(31)32-15-17-11-7-5-8-12-17)22(30)26-19-20(29)27-21(19)34-18-13-9-6-10-14-18/h5-14,19,21H,15-16H2,1-4H3,(H,26,30)(H,27,29)(H,28,31)/t19-,21-,25+/m1/s1. The van der Waals surface area contributed by atoms with Crippen molar-refractivity contribution in [2.45, 2.75) is 57.7 Å². The van der Waals surface area contributed by atoms with E-state index in [-0.39, 0.29) is 19.1 Å². The van der Waals surface area contributed by atoms with Crippen LogP contribution in [0.5, 0.6) is 5.75 Å². The summed E-state index contributed by atoms with van der Waals surface area (Å²) >= 11 is 0. The van der Waals surface area contributed by atoms with E-state index in [0.29, 0.717) is 5.75 Å². The van der Waals surface area contributed by atoms with Gasteiger partial charge < -0.3 is 30.2 Å². The predicted octanol–water partition coefficient (Wildman–Crippen LogP) is 2.51. The van der Waals surface area contributed by atoms with E-state index in [1.54, 1.807) is 24.3 Å². The van der Waals surface area contributed by atoms with Crippen molar-refractivity contribution < 1.29 is 28.6 Å². The van der Waals surface area contributed by atoms with Gasteiger partial charge in [-0.05, 0) is 45.4 Å². The Morgan fingerprint density at radius 2 is 1.59 bits per heavy atom. The largest absolute Gasteiger partial charge is 0.468 e. The maximum Gasteiger partial charge on any atom is 0.408 e. The minimum atomic E-state index is -1.51. The third-order valence-corrected chi connectivity index (χ3v) is 5.05. The number of amides is 3. The molecule has 3 atom stereocenters. The molecule has 9 nitrogen and oxygen atoms in total. The lowest BCUT2D eigenvalue weighted by Gasteiger charge is -2.39. The Morgan fingerprint density at radius 1 is 0.971 bits per heavy atom. The molecule has 3 N–H and O–H groups in total. The third kappa shape index (κ3) is 6.95. The van der Waals surface area contributed by atoms with Crippen LogP contribution in [0.25, 0.3) is 0 Å². The number of alkyl carbamates (subject to hydrolysis) is 1. The molecule has 3 rings (SSSR count). The van der Waals surface area contributed by atoms with Crippen LogP contribution in [0.1, 0.15) is 33.3 Å². The van der Waals surface area contributed by atoms with Crippen molar-refractivity contribution in [3.05, 3.63) is 66.2 Å². The highest BCUT2D eigenvalue weighted by molar-refractivity contribution is 5.96. The molecule has 0 aromatic heterocycles. The van der Waals surface area contributed by atoms with Gasteiger partial charge >= 0.3 is 6.09 Å². The number of ether oxygens (including phenoxy) is 3. The van der Waals surface area contributed by atoms with Crippen LogP contribution in [0.15, 0.2) is 60.7 Å². The van der Waals surface area contributed by atoms with Gasteiger partial charge in [-0.25, -0.2) is 4.79 Å². The number of carbonyl (C=O) groups is 3. The molecule has 1 heterocycles. The van der Waals surface area contributed by atoms with Crippen molar-refractivity contribution in [1.29, 1.82) is 0 Å². The summed E-state index contributed by atoms with van der Waals surface area (Å²) in [6.45, 7) is 6.93. The van der Waals surface area contributed by atoms with E-state index < -0.39 is 35.4 Å². The zero-order valence-corrected chi connectivity index (χ0v) is 19.8. The van der Waals surface area contributed by atoms with E-state index in [0.717, 1.165) is 5.56 Å². The van der Waals surface area contributed by atoms with Gasteiger partial charge in [0.05, 0.1) is 12.2 Å². The Balaban J connectivity index is 1.65. The summed E-state index contributed by atoms with van der Waals surface area (Å²) in [5, 5.41) is 7.88. The molecule has 34 heavy (non-hydrogen) atoms. The topological polar surface area (TPSA) is 115 Å². The van der Waals surface area contributed by atoms with Crippen molar-refractivity contribution >= 4 is 17.9 Å². The maximum absolute atomic E-state index is 13.2. The van der Waals surface area contributed by atoms with Crippen molar-refractivity contribution in [1.82, 2.24) is 16.0 Å². The van der Waals surface area contributed by atoms with Crippen LogP contribution in [-0.2, 0) is 25.7 Å². The lowest BCUT2D eigenvalue weighted by Crippen LogP contribution is -2.74. The summed E-state index contributed by atoms with van der Waals surface area (Å²) < 4.78 is 16.8. The van der Waals surface area contributed by atoms with Gasteiger partial charge in [0.1, 0.15) is 17.9 Å². The summed E-state index contributed by atoms with van der Waals surface area (Å²) in [4.78, 5) is 37.9. The van der Waals surface area contributed by atoms with E-state index in [1.165, 1.54) is 6.92 Å². The minimum absolute atomic E-state index is 0.0442. The number of hydrogen-bond donors (Lipinski definition) is 3. The first-order valence-electron chi connectivity index (χ1n) is 11.0. The van der Waals surface area contributed by atoms with Crippen LogP contribution < -0.4 is 20.7 Å². The average molecular weight is 470 g/mol. The molecule has 9 heteroatoms. The Kier molecular flexibility index (Phi) is 7.78. The molecule has 1 saturated heterocycles. The van der Waals surface area contributed by atoms with Gasteiger partial charge in [0.25, 0.3) is 5.91 Å². The molecule has 1 aliphatic rings. The quantitative estimate of drug-likeness (QED) is 0.486. The zero-order chi connectivity index (χ0) is 24.8. The van der Waals surface area contributed by atoms with Crippen LogP contribution in [-0.4, -0.2) is 47.9 Å². The monoisotopic (exact) mass is 469 g/mol. The lowest BCUT2D eigenvalue weighted by atomic mass is 9.99. The third-order valence-electron chi connectivity index (χ3n) is 5.05. The first-order chi connectivity index (χ1) is 16.1. The van der Waals surface area contributed by atoms with Gasteiger partial charge in [0, 0.05) is 0 Å². The molecular weight excluding hydrogens is 438 g/mol. The van der Waals surface area contributed by atoms with Gasteiger partial charge in [0.15, 0.2) is 6.04 Å². The molecule has 3 amide bonds. The number of β-lactam (4-membered cyclic amide) rings is 1. The van der Waals surface area contributed by atoms with Gasteiger partial charge in [-0.1, -0.05) is 48.5 Å². The van der Waals surface area contributed by atoms with Gasteiger partial charge in [0.2, 0.25) is 12.1 Å². The fourth-order valence-electron chi connectivity index (χ4n) is 3.04. The first-order valence-corrected chi connectivity index (χ1v) is 11.0. The highest BCUT2D eigenvalue weighted by atomic mass is 16.6. The number of carbonyl (C=O) groups excluding carboxylic acids is 3. The SMILES string of the molecule is CC(C)(C)OC[C@](C)(NC(=O)OCc1ccccc1)C(=O)N[C@@H]1C(=O)N[C@@H]1Oc1ccccc1. The van der Waals surface area contributed by atoms with Gasteiger partial charge in [-0.15, -0.1) is 0 Å². The normalized spacial score (nSPS) is 19.1. The van der Waals surface area contributed by atoms with Crippen LogP contribution in [0, 0.1) is 0 Å². The summed E-state index contributed by atoms with van der Waals surface area (Å²) in [7, 11) is 0. The highest BCUT2D eigenvalue weighted by Gasteiger charge is 2.46. The lowest BCUT2D eigenvalue weighted by molar-refractivity contribution is -0.146. The summed E-state index contributed by atoms with van der Waals surface area (Å²) in [5.74, 6) is -0.442. The second-order valence-corrected chi connectivity index (χ2v) is 9.23. The van der Waals surface area contributed by atoms with Crippen LogP contribution >= 0.6 is 0 Å². The number of rotatable bonds is 9. The van der Waals surface area contributed by atoms with Crippen molar-refractivity contribution in [3.8, 4) is 5.75 Å². The van der Waals surface area contributed by atoms with E-state index in [2.05, 4.69) is 16.0 Å². The van der Waals surface area contributed by atoms with Crippen molar-refractivity contribution in [2.75, 3.05) is 6.61 Å². The maximum atomic E-state index is 13.2. The molecule has 0 bridgehead atoms. The molecule has 182 valence electrons. The van der Waals surface area contributed by atoms with Gasteiger partial charge in [-0.3, -0.25) is 9.59 Å². The zero-order valence-electron chi connectivity index (χ0n) is 19.8. The average Bonchev–Trinajstić information content (AvgIpc) is 2.80. The number of para-hydroxylation sites is 1. The van der Waals surface area contributed by atoms with Crippen molar-refractivity contribution in [2.24, 2.45) is 0 Å². The summed E-state index contributed by atoms with van der Waals surface area (Å²) in [6, 6.07) is 17.2. The smallest absolute Gasteiger partial charge is 0.408 e. The number of benzene rings is 2. The number of hydrogen-bond acceptors (Lipinski definition) is 6. The fraction of sp³-hybridized carbons (Fsp3) is 0.400. The summed E-state index contributed by atoms with van der Waals surface area (Å²) in [5.41, 5.74) is -1.26. The van der Waals surface area contributed by atoms with E-state index in [1.807, 2.05) is 57.2 Å². The van der Waals surface area contributed by atoms with E-state index in [9.17, 15) is 14.4 Å². The Hall–Kier alpha value is -3.59. The van der Waals surface area contributed by atoms with Crippen LogP contribution in [0.4, 0.5) is 4.79 Å². The van der Waals surface area contributed by atoms with Gasteiger partial charge in [-0.2, -0.15) is 0 Å². The molecule has 0 radical (unpaired) electrons. The first kappa shape index (κ1) is 25.0. The van der Waals surface area contributed by atoms with Crippen molar-refractivity contribution in [3.63, 3.8) is 0 Å². The van der Waals surface area contributed by atoms with Crippen LogP contribution in [0.2, 0.25) is 0 Å². The molecule has 2 aromatic rings. The Morgan fingerprint density at radius 3 is 2.18 bits per heavy atom. The van der Waals surface area contributed by atoms with Crippen LogP contribution in [0.3, 0.4) is 0 Å². The molecule has 0 spiro atoms. The van der Waals surface area contributed by atoms with E-state index in [4.69, 9.17) is 14.2 Å². The molecule has 1 aliphatic heterocycles. The molecule has 1 fully saturated rings. The highest BCUT2D eigenvalue weighted by Crippen LogP contribution is 2.18. The fourth-order valence-corrected chi connectivity index (χ4v) is 3.04. The Labute approximate surface area is 199 Å². The Bertz CT molecular complexity index is 993. The predicted molar refractivity (Wildman–Crippen MR) is 125 cm³/mol. The minimum Gasteiger partial charge on any atom is -0.468 e. The van der Waals surface area contributed by atoms with E-state index >= 15 is 0 Å². The second-order valence-electron chi connectivity index (χ2n) is 9.23. The molecule has 0 saturated carbocycles. The molecule has 0 aliphatic carbocycles. The molecule has 2 aromatic carbocycles. The number of nitrogens with one attached hydrogen (secondary N) is 3. The second kappa shape index (κ2) is 10.6. The molecule has 0 unspecified atom stereocenters. The molecular formula is C25H31N3O6.